The summed E-state index contributed by atoms with van der Waals surface area (Å²) in [7, 11) is 4.08. The predicted molar refractivity (Wildman–Crippen MR) is 48.1 cm³/mol. The molecule has 0 spiro atoms. The molecule has 2 nitrogen and oxygen atoms in total. The lowest BCUT2D eigenvalue weighted by Gasteiger charge is -2.10. The molecule has 0 fully saturated rings. The Labute approximate surface area is 67.7 Å². The van der Waals surface area contributed by atoms with E-state index in [4.69, 9.17) is 5.41 Å². The number of allylic oxidation sites excluding steroid dienone is 2. The van der Waals surface area contributed by atoms with Gasteiger partial charge in [0.05, 0.1) is 0 Å². The van der Waals surface area contributed by atoms with Crippen LogP contribution in [0, 0.1) is 5.41 Å². The van der Waals surface area contributed by atoms with E-state index in [0.29, 0.717) is 0 Å². The standard InChI is InChI=1S/C9H14N2/c1-11(2)7-9-5-3-4-8(9)6-10/h4-6,10H,3,7H2,1-2H3. The maximum atomic E-state index is 7.12. The maximum Gasteiger partial charge on any atom is 0.0250 e. The average molecular weight is 150 g/mol. The van der Waals surface area contributed by atoms with Gasteiger partial charge in [0, 0.05) is 12.8 Å². The summed E-state index contributed by atoms with van der Waals surface area (Å²) in [6.45, 7) is 0.946. The lowest BCUT2D eigenvalue weighted by atomic mass is 10.1. The zero-order valence-corrected chi connectivity index (χ0v) is 7.09. The summed E-state index contributed by atoms with van der Waals surface area (Å²) in [6.07, 6.45) is 6.70. The Morgan fingerprint density at radius 2 is 2.27 bits per heavy atom. The van der Waals surface area contributed by atoms with Gasteiger partial charge in [-0.25, -0.2) is 0 Å². The van der Waals surface area contributed by atoms with Crippen LogP contribution in [0.1, 0.15) is 6.42 Å². The molecular formula is C9H14N2. The van der Waals surface area contributed by atoms with Crippen LogP contribution in [-0.2, 0) is 0 Å². The molecule has 0 heterocycles. The van der Waals surface area contributed by atoms with E-state index in [-0.39, 0.29) is 0 Å². The molecule has 11 heavy (non-hydrogen) atoms. The summed E-state index contributed by atoms with van der Waals surface area (Å²) in [5.74, 6) is 0. The number of likely N-dealkylation sites (N-methyl/N-ethyl adjacent to an activating group) is 1. The van der Waals surface area contributed by atoms with Gasteiger partial charge in [0.1, 0.15) is 0 Å². The second kappa shape index (κ2) is 3.49. The first-order valence-electron chi connectivity index (χ1n) is 3.79. The predicted octanol–water partition coefficient (Wildman–Crippen LogP) is 1.45. The largest absolute Gasteiger partial charge is 0.308 e. The third-order valence-corrected chi connectivity index (χ3v) is 1.71. The van der Waals surface area contributed by atoms with Gasteiger partial charge in [-0.1, -0.05) is 12.2 Å². The van der Waals surface area contributed by atoms with Gasteiger partial charge in [-0.2, -0.15) is 0 Å². The van der Waals surface area contributed by atoms with E-state index in [1.54, 1.807) is 0 Å². The molecule has 0 aromatic heterocycles. The second-order valence-corrected chi connectivity index (χ2v) is 3.01. The average Bonchev–Trinajstić information content (AvgIpc) is 2.34. The van der Waals surface area contributed by atoms with Crippen LogP contribution < -0.4 is 0 Å². The van der Waals surface area contributed by atoms with Crippen molar-refractivity contribution in [1.29, 1.82) is 5.41 Å². The highest BCUT2D eigenvalue weighted by atomic mass is 15.0. The van der Waals surface area contributed by atoms with Crippen LogP contribution in [0.2, 0.25) is 0 Å². The number of hydrogen-bond donors (Lipinski definition) is 1. The summed E-state index contributed by atoms with van der Waals surface area (Å²) in [5.41, 5.74) is 2.36. The zero-order chi connectivity index (χ0) is 8.27. The zero-order valence-electron chi connectivity index (χ0n) is 7.09. The molecule has 0 unspecified atom stereocenters. The normalized spacial score (nSPS) is 16.6. The first-order valence-corrected chi connectivity index (χ1v) is 3.79. The van der Waals surface area contributed by atoms with Crippen LogP contribution >= 0.6 is 0 Å². The molecule has 60 valence electrons. The molecule has 0 amide bonds. The van der Waals surface area contributed by atoms with Crippen molar-refractivity contribution in [2.75, 3.05) is 20.6 Å². The van der Waals surface area contributed by atoms with Crippen molar-refractivity contribution in [1.82, 2.24) is 4.90 Å². The molecule has 0 aromatic carbocycles. The van der Waals surface area contributed by atoms with E-state index < -0.39 is 0 Å². The maximum absolute atomic E-state index is 7.12. The molecular weight excluding hydrogens is 136 g/mol. The van der Waals surface area contributed by atoms with Crippen molar-refractivity contribution in [3.05, 3.63) is 23.3 Å². The Morgan fingerprint density at radius 1 is 1.55 bits per heavy atom. The van der Waals surface area contributed by atoms with Crippen molar-refractivity contribution in [2.24, 2.45) is 0 Å². The van der Waals surface area contributed by atoms with E-state index in [1.165, 1.54) is 11.8 Å². The van der Waals surface area contributed by atoms with Gasteiger partial charge in [-0.05, 0) is 31.7 Å². The minimum absolute atomic E-state index is 0.946. The summed E-state index contributed by atoms with van der Waals surface area (Å²) in [5, 5.41) is 7.12. The third-order valence-electron chi connectivity index (χ3n) is 1.71. The smallest absolute Gasteiger partial charge is 0.0250 e. The highest BCUT2D eigenvalue weighted by Gasteiger charge is 2.07. The van der Waals surface area contributed by atoms with Crippen molar-refractivity contribution in [3.63, 3.8) is 0 Å². The number of nitrogens with one attached hydrogen (secondary N) is 1. The minimum atomic E-state index is 0.946. The SMILES string of the molecule is CN(C)CC1=CCC=C1C=N. The van der Waals surface area contributed by atoms with Crippen LogP contribution in [-0.4, -0.2) is 31.8 Å². The first kappa shape index (κ1) is 8.21. The molecule has 0 radical (unpaired) electrons. The van der Waals surface area contributed by atoms with Gasteiger partial charge in [-0.15, -0.1) is 0 Å². The van der Waals surface area contributed by atoms with Gasteiger partial charge < -0.3 is 10.3 Å². The van der Waals surface area contributed by atoms with Crippen LogP contribution in [0.25, 0.3) is 0 Å². The molecule has 0 saturated heterocycles. The topological polar surface area (TPSA) is 27.1 Å². The van der Waals surface area contributed by atoms with E-state index in [1.807, 2.05) is 14.1 Å². The molecule has 0 aliphatic heterocycles. The fraction of sp³-hybridized carbons (Fsp3) is 0.444. The number of rotatable bonds is 3. The molecule has 0 atom stereocenters. The van der Waals surface area contributed by atoms with Gasteiger partial charge in [-0.3, -0.25) is 0 Å². The molecule has 2 heteroatoms. The Balaban J connectivity index is 2.59. The van der Waals surface area contributed by atoms with Crippen molar-refractivity contribution in [2.45, 2.75) is 6.42 Å². The first-order chi connectivity index (χ1) is 5.24. The number of hydrogen-bond acceptors (Lipinski definition) is 2. The van der Waals surface area contributed by atoms with E-state index in [2.05, 4.69) is 17.1 Å². The van der Waals surface area contributed by atoms with Gasteiger partial charge >= 0.3 is 0 Å². The highest BCUT2D eigenvalue weighted by Crippen LogP contribution is 2.17. The molecule has 0 aromatic rings. The molecule has 1 aliphatic carbocycles. The number of nitrogens with zero attached hydrogens (tertiary/aromatic N) is 1. The monoisotopic (exact) mass is 150 g/mol. The van der Waals surface area contributed by atoms with Gasteiger partial charge in [0.2, 0.25) is 0 Å². The molecule has 1 N–H and O–H groups in total. The van der Waals surface area contributed by atoms with Crippen LogP contribution in [0.3, 0.4) is 0 Å². The highest BCUT2D eigenvalue weighted by molar-refractivity contribution is 5.83. The van der Waals surface area contributed by atoms with Crippen LogP contribution in [0.5, 0.6) is 0 Å². The summed E-state index contributed by atoms with van der Waals surface area (Å²) < 4.78 is 0. The minimum Gasteiger partial charge on any atom is -0.308 e. The van der Waals surface area contributed by atoms with Gasteiger partial charge in [0.15, 0.2) is 0 Å². The van der Waals surface area contributed by atoms with Gasteiger partial charge in [0.25, 0.3) is 0 Å². The van der Waals surface area contributed by atoms with E-state index >= 15 is 0 Å². The lowest BCUT2D eigenvalue weighted by molar-refractivity contribution is 0.448. The van der Waals surface area contributed by atoms with Crippen LogP contribution in [0.15, 0.2) is 23.3 Å². The third kappa shape index (κ3) is 2.02. The van der Waals surface area contributed by atoms with Crippen molar-refractivity contribution < 1.29 is 0 Å². The molecule has 1 rings (SSSR count). The Morgan fingerprint density at radius 3 is 2.82 bits per heavy atom. The van der Waals surface area contributed by atoms with E-state index in [9.17, 15) is 0 Å². The molecule has 0 bridgehead atoms. The van der Waals surface area contributed by atoms with Crippen molar-refractivity contribution in [3.8, 4) is 0 Å². The van der Waals surface area contributed by atoms with Crippen LogP contribution in [0.4, 0.5) is 0 Å². The quantitative estimate of drug-likeness (QED) is 0.606. The second-order valence-electron chi connectivity index (χ2n) is 3.01. The summed E-state index contributed by atoms with van der Waals surface area (Å²) >= 11 is 0. The summed E-state index contributed by atoms with van der Waals surface area (Å²) in [4.78, 5) is 2.12. The lowest BCUT2D eigenvalue weighted by Crippen LogP contribution is -2.15. The Kier molecular flexibility index (Phi) is 2.60. The molecule has 1 aliphatic rings. The van der Waals surface area contributed by atoms with Crippen molar-refractivity contribution >= 4 is 6.21 Å². The van der Waals surface area contributed by atoms with E-state index in [0.717, 1.165) is 18.5 Å². The fourth-order valence-corrected chi connectivity index (χ4v) is 1.23. The summed E-state index contributed by atoms with van der Waals surface area (Å²) in [6, 6.07) is 0. The fourth-order valence-electron chi connectivity index (χ4n) is 1.23. The Hall–Kier alpha value is -0.890. The Bertz CT molecular complexity index is 212. The molecule has 0 saturated carbocycles.